The standard InChI is InChI=1S/C17H17N5O2/c23-16(12-2-1-3-18-6-12)21-8-13-10-22(11-14(13)9-21)17(24)15-7-19-4-5-20-15/h1-7,13-14H,8-11H2. The molecule has 2 unspecified atom stereocenters. The van der Waals surface area contributed by atoms with Crippen LogP contribution in [0.5, 0.6) is 0 Å². The zero-order valence-electron chi connectivity index (χ0n) is 13.1. The Morgan fingerprint density at radius 3 is 2.12 bits per heavy atom. The van der Waals surface area contributed by atoms with Gasteiger partial charge in [-0.3, -0.25) is 19.6 Å². The largest absolute Gasteiger partial charge is 0.338 e. The van der Waals surface area contributed by atoms with E-state index in [2.05, 4.69) is 15.0 Å². The molecular formula is C17H17N5O2. The van der Waals surface area contributed by atoms with E-state index in [1.165, 1.54) is 12.4 Å². The third-order valence-corrected chi connectivity index (χ3v) is 4.75. The molecule has 2 saturated heterocycles. The molecule has 4 heterocycles. The summed E-state index contributed by atoms with van der Waals surface area (Å²) in [6.45, 7) is 2.69. The Morgan fingerprint density at radius 1 is 0.875 bits per heavy atom. The van der Waals surface area contributed by atoms with Gasteiger partial charge in [0.25, 0.3) is 11.8 Å². The number of hydrogen-bond acceptors (Lipinski definition) is 5. The van der Waals surface area contributed by atoms with Crippen molar-refractivity contribution < 1.29 is 9.59 Å². The molecule has 0 N–H and O–H groups in total. The summed E-state index contributed by atoms with van der Waals surface area (Å²) in [6, 6.07) is 3.55. The number of rotatable bonds is 2. The Labute approximate surface area is 139 Å². The molecule has 0 saturated carbocycles. The monoisotopic (exact) mass is 323 g/mol. The van der Waals surface area contributed by atoms with Crippen LogP contribution in [0.3, 0.4) is 0 Å². The van der Waals surface area contributed by atoms with Crippen LogP contribution in [0.1, 0.15) is 20.8 Å². The van der Waals surface area contributed by atoms with Gasteiger partial charge in [0, 0.05) is 62.8 Å². The minimum Gasteiger partial charge on any atom is -0.338 e. The van der Waals surface area contributed by atoms with Crippen LogP contribution in [0.4, 0.5) is 0 Å². The second kappa shape index (κ2) is 5.99. The molecule has 4 rings (SSSR count). The Bertz CT molecular complexity index is 675. The SMILES string of the molecule is O=C(c1cccnc1)N1CC2CN(C(=O)c3cnccn3)CC2C1. The second-order valence-corrected chi connectivity index (χ2v) is 6.27. The summed E-state index contributed by atoms with van der Waals surface area (Å²) < 4.78 is 0. The van der Waals surface area contributed by atoms with Crippen LogP contribution >= 0.6 is 0 Å². The van der Waals surface area contributed by atoms with E-state index in [1.807, 2.05) is 9.80 Å². The summed E-state index contributed by atoms with van der Waals surface area (Å²) >= 11 is 0. The first-order valence-corrected chi connectivity index (χ1v) is 7.97. The van der Waals surface area contributed by atoms with Crippen LogP contribution in [0.2, 0.25) is 0 Å². The van der Waals surface area contributed by atoms with Crippen molar-refractivity contribution in [3.8, 4) is 0 Å². The van der Waals surface area contributed by atoms with Gasteiger partial charge in [0.2, 0.25) is 0 Å². The number of carbonyl (C=O) groups is 2. The number of carbonyl (C=O) groups excluding carboxylic acids is 2. The van der Waals surface area contributed by atoms with Gasteiger partial charge >= 0.3 is 0 Å². The summed E-state index contributed by atoms with van der Waals surface area (Å²) in [5.74, 6) is 0.587. The number of likely N-dealkylation sites (tertiary alicyclic amines) is 2. The van der Waals surface area contributed by atoms with Gasteiger partial charge in [-0.2, -0.15) is 0 Å². The fourth-order valence-electron chi connectivity index (χ4n) is 3.57. The molecule has 2 aliphatic rings. The van der Waals surface area contributed by atoms with Gasteiger partial charge in [-0.1, -0.05) is 0 Å². The number of aromatic nitrogens is 3. The molecule has 2 aliphatic heterocycles. The van der Waals surface area contributed by atoms with Crippen molar-refractivity contribution in [1.82, 2.24) is 24.8 Å². The van der Waals surface area contributed by atoms with E-state index >= 15 is 0 Å². The minimum absolute atomic E-state index is 0.0179. The van der Waals surface area contributed by atoms with Crippen molar-refractivity contribution in [2.75, 3.05) is 26.2 Å². The molecule has 2 fully saturated rings. The highest BCUT2D eigenvalue weighted by Gasteiger charge is 2.43. The maximum Gasteiger partial charge on any atom is 0.274 e. The number of pyridine rings is 1. The predicted molar refractivity (Wildman–Crippen MR) is 85.1 cm³/mol. The number of amides is 2. The van der Waals surface area contributed by atoms with Crippen LogP contribution < -0.4 is 0 Å². The lowest BCUT2D eigenvalue weighted by atomic mass is 10.0. The summed E-state index contributed by atoms with van der Waals surface area (Å²) in [6.07, 6.45) is 7.83. The van der Waals surface area contributed by atoms with E-state index in [4.69, 9.17) is 0 Å². The Morgan fingerprint density at radius 2 is 1.54 bits per heavy atom. The first kappa shape index (κ1) is 14.7. The van der Waals surface area contributed by atoms with Crippen LogP contribution in [-0.4, -0.2) is 62.7 Å². The van der Waals surface area contributed by atoms with Crippen LogP contribution in [-0.2, 0) is 0 Å². The molecule has 0 bridgehead atoms. The molecule has 0 spiro atoms. The normalized spacial score (nSPS) is 22.5. The second-order valence-electron chi connectivity index (χ2n) is 6.27. The van der Waals surface area contributed by atoms with E-state index in [0.29, 0.717) is 49.3 Å². The topological polar surface area (TPSA) is 79.3 Å². The lowest BCUT2D eigenvalue weighted by Gasteiger charge is -2.21. The minimum atomic E-state index is -0.0809. The average molecular weight is 323 g/mol. The van der Waals surface area contributed by atoms with E-state index in [1.54, 1.807) is 30.7 Å². The van der Waals surface area contributed by atoms with Crippen LogP contribution in [0.15, 0.2) is 43.1 Å². The molecular weight excluding hydrogens is 306 g/mol. The summed E-state index contributed by atoms with van der Waals surface area (Å²) in [7, 11) is 0. The molecule has 0 radical (unpaired) electrons. The first-order valence-electron chi connectivity index (χ1n) is 7.97. The predicted octanol–water partition coefficient (Wildman–Crippen LogP) is 0.716. The Kier molecular flexibility index (Phi) is 3.68. The molecule has 7 heteroatoms. The highest BCUT2D eigenvalue weighted by Crippen LogP contribution is 2.32. The molecule has 2 aromatic rings. The van der Waals surface area contributed by atoms with Crippen LogP contribution in [0.25, 0.3) is 0 Å². The zero-order valence-corrected chi connectivity index (χ0v) is 13.1. The van der Waals surface area contributed by atoms with E-state index < -0.39 is 0 Å². The fourth-order valence-corrected chi connectivity index (χ4v) is 3.57. The van der Waals surface area contributed by atoms with Crippen molar-refractivity contribution in [2.45, 2.75) is 0 Å². The van der Waals surface area contributed by atoms with Crippen molar-refractivity contribution in [3.63, 3.8) is 0 Å². The number of nitrogens with zero attached hydrogens (tertiary/aromatic N) is 5. The molecule has 0 aliphatic carbocycles. The zero-order chi connectivity index (χ0) is 16.5. The lowest BCUT2D eigenvalue weighted by Crippen LogP contribution is -2.36. The van der Waals surface area contributed by atoms with Gasteiger partial charge < -0.3 is 9.80 Å². The number of fused-ring (bicyclic) bond motifs is 1. The van der Waals surface area contributed by atoms with E-state index in [9.17, 15) is 9.59 Å². The van der Waals surface area contributed by atoms with Crippen LogP contribution in [0, 0.1) is 11.8 Å². The molecule has 24 heavy (non-hydrogen) atoms. The maximum absolute atomic E-state index is 12.5. The molecule has 2 aromatic heterocycles. The summed E-state index contributed by atoms with van der Waals surface area (Å²) in [4.78, 5) is 40.7. The Balaban J connectivity index is 1.40. The van der Waals surface area contributed by atoms with E-state index in [0.717, 1.165) is 0 Å². The molecule has 7 nitrogen and oxygen atoms in total. The molecule has 2 atom stereocenters. The highest BCUT2D eigenvalue weighted by atomic mass is 16.2. The fraction of sp³-hybridized carbons (Fsp3) is 0.353. The molecule has 0 aromatic carbocycles. The third kappa shape index (κ3) is 2.62. The quantitative estimate of drug-likeness (QED) is 0.813. The average Bonchev–Trinajstić information content (AvgIpc) is 3.21. The smallest absolute Gasteiger partial charge is 0.274 e. The van der Waals surface area contributed by atoms with Gasteiger partial charge in [0.15, 0.2) is 0 Å². The maximum atomic E-state index is 12.5. The number of hydrogen-bond donors (Lipinski definition) is 0. The van der Waals surface area contributed by atoms with E-state index in [-0.39, 0.29) is 11.8 Å². The first-order chi connectivity index (χ1) is 11.7. The van der Waals surface area contributed by atoms with Crippen molar-refractivity contribution in [2.24, 2.45) is 11.8 Å². The summed E-state index contributed by atoms with van der Waals surface area (Å²) in [5.41, 5.74) is 0.991. The third-order valence-electron chi connectivity index (χ3n) is 4.75. The van der Waals surface area contributed by atoms with Crippen molar-refractivity contribution in [3.05, 3.63) is 54.4 Å². The highest BCUT2D eigenvalue weighted by molar-refractivity contribution is 5.94. The van der Waals surface area contributed by atoms with Gasteiger partial charge in [-0.05, 0) is 12.1 Å². The van der Waals surface area contributed by atoms with Crippen molar-refractivity contribution >= 4 is 11.8 Å². The molecule has 122 valence electrons. The van der Waals surface area contributed by atoms with Crippen molar-refractivity contribution in [1.29, 1.82) is 0 Å². The summed E-state index contributed by atoms with van der Waals surface area (Å²) in [5, 5.41) is 0. The van der Waals surface area contributed by atoms with Gasteiger partial charge in [0.1, 0.15) is 5.69 Å². The van der Waals surface area contributed by atoms with Gasteiger partial charge in [-0.15, -0.1) is 0 Å². The van der Waals surface area contributed by atoms with Gasteiger partial charge in [-0.25, -0.2) is 4.98 Å². The molecule has 2 amide bonds. The Hall–Kier alpha value is -2.83. The lowest BCUT2D eigenvalue weighted by molar-refractivity contribution is 0.0735. The van der Waals surface area contributed by atoms with Gasteiger partial charge in [0.05, 0.1) is 11.8 Å².